The SMILES string of the molecule is CSc1ccc2c(c1)CCCN(c1cc(C)c(C(C(N)=O)C(C)(C)C)c(C)c1)C2. The number of rotatable bonds is 4. The van der Waals surface area contributed by atoms with Crippen LogP contribution in [0.3, 0.4) is 0 Å². The van der Waals surface area contributed by atoms with Gasteiger partial charge < -0.3 is 10.6 Å². The predicted octanol–water partition coefficient (Wildman–Crippen LogP) is 5.59. The third-order valence-electron chi connectivity index (χ3n) is 6.03. The van der Waals surface area contributed by atoms with Gasteiger partial charge in [-0.15, -0.1) is 11.8 Å². The molecule has 1 unspecified atom stereocenters. The van der Waals surface area contributed by atoms with Crippen molar-refractivity contribution < 1.29 is 4.79 Å². The molecule has 2 N–H and O–H groups in total. The molecule has 1 aliphatic rings. The van der Waals surface area contributed by atoms with Crippen molar-refractivity contribution in [1.29, 1.82) is 0 Å². The van der Waals surface area contributed by atoms with E-state index in [1.807, 2.05) is 0 Å². The van der Waals surface area contributed by atoms with Gasteiger partial charge in [0, 0.05) is 23.7 Å². The largest absolute Gasteiger partial charge is 0.369 e. The zero-order valence-corrected chi connectivity index (χ0v) is 19.5. The smallest absolute Gasteiger partial charge is 0.225 e. The van der Waals surface area contributed by atoms with Crippen LogP contribution in [0.2, 0.25) is 0 Å². The monoisotopic (exact) mass is 410 g/mol. The van der Waals surface area contributed by atoms with Crippen molar-refractivity contribution in [3.8, 4) is 0 Å². The molecule has 0 saturated heterocycles. The van der Waals surface area contributed by atoms with Gasteiger partial charge in [0.25, 0.3) is 0 Å². The molecule has 1 atom stereocenters. The molecule has 0 aliphatic carbocycles. The second-order valence-electron chi connectivity index (χ2n) is 9.35. The summed E-state index contributed by atoms with van der Waals surface area (Å²) >= 11 is 1.81. The highest BCUT2D eigenvalue weighted by Crippen LogP contribution is 2.40. The Morgan fingerprint density at radius 3 is 2.31 bits per heavy atom. The van der Waals surface area contributed by atoms with Gasteiger partial charge in [-0.05, 0) is 90.4 Å². The Hall–Kier alpha value is -1.94. The molecule has 0 fully saturated rings. The van der Waals surface area contributed by atoms with Crippen molar-refractivity contribution in [3.05, 3.63) is 58.1 Å². The lowest BCUT2D eigenvalue weighted by Crippen LogP contribution is -2.33. The number of benzene rings is 2. The Kier molecular flexibility index (Phi) is 6.33. The van der Waals surface area contributed by atoms with E-state index >= 15 is 0 Å². The third kappa shape index (κ3) is 4.63. The molecule has 2 aromatic carbocycles. The van der Waals surface area contributed by atoms with Gasteiger partial charge >= 0.3 is 0 Å². The number of hydrogen-bond acceptors (Lipinski definition) is 3. The molecular weight excluding hydrogens is 376 g/mol. The highest BCUT2D eigenvalue weighted by atomic mass is 32.2. The summed E-state index contributed by atoms with van der Waals surface area (Å²) in [6.07, 6.45) is 4.41. The molecule has 3 rings (SSSR count). The number of amides is 1. The number of aryl methyl sites for hydroxylation is 3. The number of primary amides is 1. The number of anilines is 1. The molecule has 1 heterocycles. The third-order valence-corrected chi connectivity index (χ3v) is 6.76. The quantitative estimate of drug-likeness (QED) is 0.668. The first-order valence-corrected chi connectivity index (χ1v) is 11.7. The van der Waals surface area contributed by atoms with E-state index in [4.69, 9.17) is 5.73 Å². The van der Waals surface area contributed by atoms with Crippen LogP contribution in [0.1, 0.15) is 60.9 Å². The van der Waals surface area contributed by atoms with Crippen molar-refractivity contribution in [2.45, 2.75) is 64.8 Å². The van der Waals surface area contributed by atoms with Crippen LogP contribution < -0.4 is 10.6 Å². The topological polar surface area (TPSA) is 46.3 Å². The standard InChI is InChI=1S/C25H34N2OS/c1-16-12-20(13-17(2)22(16)23(24(26)28)25(3,4)5)27-11-7-8-18-14-21(29-6)10-9-19(18)15-27/h9-10,12-14,23H,7-8,11,15H2,1-6H3,(H2,26,28). The maximum absolute atomic E-state index is 12.3. The molecule has 0 aromatic heterocycles. The van der Waals surface area contributed by atoms with Crippen LogP contribution in [-0.2, 0) is 17.8 Å². The number of hydrogen-bond donors (Lipinski definition) is 1. The molecule has 1 aliphatic heterocycles. The molecular formula is C25H34N2OS. The van der Waals surface area contributed by atoms with E-state index in [0.717, 1.165) is 42.6 Å². The first-order chi connectivity index (χ1) is 13.6. The lowest BCUT2D eigenvalue weighted by Gasteiger charge is -2.32. The average molecular weight is 411 g/mol. The molecule has 3 nitrogen and oxygen atoms in total. The van der Waals surface area contributed by atoms with E-state index in [9.17, 15) is 4.79 Å². The first-order valence-electron chi connectivity index (χ1n) is 10.4. The second-order valence-corrected chi connectivity index (χ2v) is 10.2. The highest BCUT2D eigenvalue weighted by Gasteiger charge is 2.33. The van der Waals surface area contributed by atoms with Crippen molar-refractivity contribution >= 4 is 23.4 Å². The van der Waals surface area contributed by atoms with Crippen molar-refractivity contribution in [1.82, 2.24) is 0 Å². The van der Waals surface area contributed by atoms with Gasteiger partial charge in [-0.3, -0.25) is 4.79 Å². The fraction of sp³-hybridized carbons (Fsp3) is 0.480. The van der Waals surface area contributed by atoms with Crippen LogP contribution in [0.25, 0.3) is 0 Å². The number of nitrogens with two attached hydrogens (primary N) is 1. The lowest BCUT2D eigenvalue weighted by atomic mass is 9.73. The van der Waals surface area contributed by atoms with Crippen LogP contribution in [0.15, 0.2) is 35.2 Å². The summed E-state index contributed by atoms with van der Waals surface area (Å²) < 4.78 is 0. The molecule has 4 heteroatoms. The Labute approximate surface area is 180 Å². The summed E-state index contributed by atoms with van der Waals surface area (Å²) in [6.45, 7) is 12.5. The number of carbonyl (C=O) groups is 1. The highest BCUT2D eigenvalue weighted by molar-refractivity contribution is 7.98. The van der Waals surface area contributed by atoms with Gasteiger partial charge in [-0.2, -0.15) is 0 Å². The minimum Gasteiger partial charge on any atom is -0.369 e. The minimum absolute atomic E-state index is 0.209. The van der Waals surface area contributed by atoms with E-state index in [1.54, 1.807) is 11.8 Å². The van der Waals surface area contributed by atoms with Crippen LogP contribution in [0.4, 0.5) is 5.69 Å². The van der Waals surface area contributed by atoms with Crippen molar-refractivity contribution in [2.24, 2.45) is 11.1 Å². The fourth-order valence-electron chi connectivity index (χ4n) is 4.67. The van der Waals surface area contributed by atoms with Crippen LogP contribution >= 0.6 is 11.8 Å². The van der Waals surface area contributed by atoms with Crippen LogP contribution in [-0.4, -0.2) is 18.7 Å². The number of fused-ring (bicyclic) bond motifs is 1. The van der Waals surface area contributed by atoms with Gasteiger partial charge in [0.1, 0.15) is 0 Å². The normalized spacial score (nSPS) is 15.6. The van der Waals surface area contributed by atoms with Gasteiger partial charge in [0.05, 0.1) is 5.92 Å². The molecule has 0 radical (unpaired) electrons. The molecule has 1 amide bonds. The summed E-state index contributed by atoms with van der Waals surface area (Å²) in [4.78, 5) is 16.1. The van der Waals surface area contributed by atoms with E-state index in [1.165, 1.54) is 21.7 Å². The molecule has 0 spiro atoms. The fourth-order valence-corrected chi connectivity index (χ4v) is 5.14. The Morgan fingerprint density at radius 1 is 1.10 bits per heavy atom. The number of thioether (sulfide) groups is 1. The maximum Gasteiger partial charge on any atom is 0.225 e. The van der Waals surface area contributed by atoms with Crippen LogP contribution in [0, 0.1) is 19.3 Å². The maximum atomic E-state index is 12.3. The van der Waals surface area contributed by atoms with Crippen molar-refractivity contribution in [3.63, 3.8) is 0 Å². The van der Waals surface area contributed by atoms with Gasteiger partial charge in [0.15, 0.2) is 0 Å². The van der Waals surface area contributed by atoms with E-state index in [0.29, 0.717) is 0 Å². The van der Waals surface area contributed by atoms with E-state index < -0.39 is 0 Å². The van der Waals surface area contributed by atoms with E-state index in [2.05, 4.69) is 76.1 Å². The predicted molar refractivity (Wildman–Crippen MR) is 125 cm³/mol. The molecule has 2 aromatic rings. The minimum atomic E-state index is -0.286. The Bertz CT molecular complexity index is 891. The molecule has 156 valence electrons. The zero-order valence-electron chi connectivity index (χ0n) is 18.6. The van der Waals surface area contributed by atoms with Gasteiger partial charge in [-0.25, -0.2) is 0 Å². The summed E-state index contributed by atoms with van der Waals surface area (Å²) in [5.74, 6) is -0.531. The van der Waals surface area contributed by atoms with Gasteiger partial charge in [-0.1, -0.05) is 26.8 Å². The Balaban J connectivity index is 1.97. The number of nitrogens with zero attached hydrogens (tertiary/aromatic N) is 1. The average Bonchev–Trinajstić information content (AvgIpc) is 2.84. The zero-order chi connectivity index (χ0) is 21.3. The summed E-state index contributed by atoms with van der Waals surface area (Å²) in [5.41, 5.74) is 13.1. The summed E-state index contributed by atoms with van der Waals surface area (Å²) in [5, 5.41) is 0. The molecule has 0 saturated carbocycles. The molecule has 29 heavy (non-hydrogen) atoms. The van der Waals surface area contributed by atoms with Gasteiger partial charge in [0.2, 0.25) is 5.91 Å². The Morgan fingerprint density at radius 2 is 1.76 bits per heavy atom. The first kappa shape index (κ1) is 21.8. The second kappa shape index (κ2) is 8.43. The van der Waals surface area contributed by atoms with Crippen LogP contribution in [0.5, 0.6) is 0 Å². The van der Waals surface area contributed by atoms with E-state index in [-0.39, 0.29) is 17.2 Å². The number of carbonyl (C=O) groups excluding carboxylic acids is 1. The summed E-state index contributed by atoms with van der Waals surface area (Å²) in [6, 6.07) is 11.4. The summed E-state index contributed by atoms with van der Waals surface area (Å²) in [7, 11) is 0. The molecule has 0 bridgehead atoms. The lowest BCUT2D eigenvalue weighted by molar-refractivity contribution is -0.121. The van der Waals surface area contributed by atoms with Crippen molar-refractivity contribution in [2.75, 3.05) is 17.7 Å².